The molecule has 5 nitrogen and oxygen atoms in total. The van der Waals surface area contributed by atoms with E-state index in [0.717, 1.165) is 33.9 Å². The smallest absolute Gasteiger partial charge is 0.261 e. The van der Waals surface area contributed by atoms with Gasteiger partial charge in [0.25, 0.3) is 5.91 Å². The fraction of sp³-hybridized carbons (Fsp3) is 0.571. The number of halogens is 2. The summed E-state index contributed by atoms with van der Waals surface area (Å²) in [5.41, 5.74) is 5.72. The number of nitrogens with one attached hydrogen (secondary N) is 1. The van der Waals surface area contributed by atoms with E-state index >= 15 is 0 Å². The third-order valence-corrected chi connectivity index (χ3v) is 5.54. The van der Waals surface area contributed by atoms with Crippen LogP contribution < -0.4 is 16.0 Å². The largest absolute Gasteiger partial charge is 0.354 e. The Morgan fingerprint density at radius 1 is 1.39 bits per heavy atom. The molecule has 132 valence electrons. The molecule has 0 saturated carbocycles. The summed E-state index contributed by atoms with van der Waals surface area (Å²) in [6.45, 7) is 2.62. The molecule has 0 aliphatic rings. The molecule has 0 aliphatic heterocycles. The number of rotatable bonds is 7. The zero-order chi connectivity index (χ0) is 15.4. The maximum Gasteiger partial charge on any atom is 0.261 e. The minimum absolute atomic E-state index is 0. The highest BCUT2D eigenvalue weighted by atomic mass is 35.5. The van der Waals surface area contributed by atoms with E-state index in [2.05, 4.69) is 17.2 Å². The third-order valence-electron chi connectivity index (χ3n) is 3.21. The summed E-state index contributed by atoms with van der Waals surface area (Å²) in [7, 11) is 3.94. The molecule has 9 heteroatoms. The van der Waals surface area contributed by atoms with Gasteiger partial charge in [0.1, 0.15) is 4.83 Å². The maximum atomic E-state index is 12.3. The summed E-state index contributed by atoms with van der Waals surface area (Å²) < 4.78 is 1.06. The second-order valence-electron chi connectivity index (χ2n) is 5.22. The van der Waals surface area contributed by atoms with E-state index in [1.165, 1.54) is 11.3 Å². The van der Waals surface area contributed by atoms with E-state index in [1.807, 2.05) is 25.1 Å². The number of thiazole rings is 1. The molecule has 0 spiro atoms. The Kier molecular flexibility index (Phi) is 10.0. The summed E-state index contributed by atoms with van der Waals surface area (Å²) >= 11 is 3.04. The van der Waals surface area contributed by atoms with E-state index in [9.17, 15) is 4.79 Å². The SMILES string of the molecule is CCCCC(CN)NC(=O)c1cc2sc(N(C)C)nc2s1.Cl.Cl. The first kappa shape index (κ1) is 22.4. The average molecular weight is 399 g/mol. The second kappa shape index (κ2) is 10.3. The first-order valence-corrected chi connectivity index (χ1v) is 8.77. The van der Waals surface area contributed by atoms with E-state index in [0.29, 0.717) is 11.4 Å². The Morgan fingerprint density at radius 2 is 2.09 bits per heavy atom. The number of unbranched alkanes of at least 4 members (excludes halogenated alkanes) is 1. The molecule has 2 aromatic heterocycles. The number of anilines is 1. The molecule has 0 aliphatic carbocycles. The van der Waals surface area contributed by atoms with Crippen molar-refractivity contribution in [1.82, 2.24) is 10.3 Å². The molecule has 1 atom stereocenters. The third kappa shape index (κ3) is 5.76. The molecular formula is C14H24Cl2N4OS2. The van der Waals surface area contributed by atoms with E-state index < -0.39 is 0 Å². The van der Waals surface area contributed by atoms with Crippen LogP contribution in [0.1, 0.15) is 35.9 Å². The number of fused-ring (bicyclic) bond motifs is 1. The molecule has 0 fully saturated rings. The van der Waals surface area contributed by atoms with Gasteiger partial charge in [-0.15, -0.1) is 36.2 Å². The van der Waals surface area contributed by atoms with Gasteiger partial charge in [-0.1, -0.05) is 31.1 Å². The van der Waals surface area contributed by atoms with Gasteiger partial charge in [-0.3, -0.25) is 4.79 Å². The van der Waals surface area contributed by atoms with Gasteiger partial charge in [-0.05, 0) is 12.5 Å². The fourth-order valence-electron chi connectivity index (χ4n) is 1.98. The van der Waals surface area contributed by atoms with Gasteiger partial charge in [0, 0.05) is 26.7 Å². The lowest BCUT2D eigenvalue weighted by Gasteiger charge is -2.15. The summed E-state index contributed by atoms with van der Waals surface area (Å²) in [6, 6.07) is 1.98. The van der Waals surface area contributed by atoms with Crippen LogP contribution in [0.15, 0.2) is 6.07 Å². The Labute approximate surface area is 157 Å². The van der Waals surface area contributed by atoms with Crippen molar-refractivity contribution in [3.05, 3.63) is 10.9 Å². The molecule has 2 rings (SSSR count). The highest BCUT2D eigenvalue weighted by Crippen LogP contribution is 2.33. The molecule has 0 aromatic carbocycles. The maximum absolute atomic E-state index is 12.3. The Bertz CT molecular complexity index is 583. The van der Waals surface area contributed by atoms with Gasteiger partial charge in [0.2, 0.25) is 0 Å². The molecule has 3 N–H and O–H groups in total. The number of amides is 1. The molecule has 1 unspecified atom stereocenters. The van der Waals surface area contributed by atoms with E-state index in [-0.39, 0.29) is 36.8 Å². The minimum Gasteiger partial charge on any atom is -0.354 e. The van der Waals surface area contributed by atoms with Crippen LogP contribution in [0, 0.1) is 0 Å². The Balaban J connectivity index is 0.00000242. The number of hydrogen-bond donors (Lipinski definition) is 2. The normalized spacial score (nSPS) is 11.5. The first-order chi connectivity index (χ1) is 10.0. The van der Waals surface area contributed by atoms with Crippen molar-refractivity contribution in [3.63, 3.8) is 0 Å². The van der Waals surface area contributed by atoms with Crippen molar-refractivity contribution in [1.29, 1.82) is 0 Å². The lowest BCUT2D eigenvalue weighted by molar-refractivity contribution is 0.0940. The van der Waals surface area contributed by atoms with Crippen LogP contribution in [0.25, 0.3) is 9.53 Å². The van der Waals surface area contributed by atoms with Gasteiger partial charge in [0.15, 0.2) is 5.13 Å². The molecule has 2 heterocycles. The fourth-order valence-corrected chi connectivity index (χ4v) is 4.02. The monoisotopic (exact) mass is 398 g/mol. The van der Waals surface area contributed by atoms with Crippen molar-refractivity contribution in [2.24, 2.45) is 5.73 Å². The minimum atomic E-state index is -0.0387. The predicted octanol–water partition coefficient (Wildman–Crippen LogP) is 3.51. The number of hydrogen-bond acceptors (Lipinski definition) is 6. The van der Waals surface area contributed by atoms with Gasteiger partial charge < -0.3 is 16.0 Å². The van der Waals surface area contributed by atoms with Crippen molar-refractivity contribution in [2.75, 3.05) is 25.5 Å². The number of carbonyl (C=O) groups is 1. The lowest BCUT2D eigenvalue weighted by atomic mass is 10.1. The highest BCUT2D eigenvalue weighted by Gasteiger charge is 2.17. The van der Waals surface area contributed by atoms with Gasteiger partial charge in [0.05, 0.1) is 9.58 Å². The van der Waals surface area contributed by atoms with Crippen LogP contribution >= 0.6 is 47.5 Å². The summed E-state index contributed by atoms with van der Waals surface area (Å²) in [4.78, 5) is 20.4. The first-order valence-electron chi connectivity index (χ1n) is 7.13. The van der Waals surface area contributed by atoms with Gasteiger partial charge in [-0.25, -0.2) is 4.98 Å². The second-order valence-corrected chi connectivity index (χ2v) is 7.26. The molecular weight excluding hydrogens is 375 g/mol. The zero-order valence-electron chi connectivity index (χ0n) is 13.5. The molecule has 23 heavy (non-hydrogen) atoms. The van der Waals surface area contributed by atoms with E-state index in [1.54, 1.807) is 11.3 Å². The Hall–Kier alpha value is -0.600. The molecule has 1 amide bonds. The zero-order valence-corrected chi connectivity index (χ0v) is 16.8. The van der Waals surface area contributed by atoms with Crippen LogP contribution in [0.4, 0.5) is 5.13 Å². The van der Waals surface area contributed by atoms with Crippen LogP contribution in [-0.4, -0.2) is 37.6 Å². The quantitative estimate of drug-likeness (QED) is 0.748. The van der Waals surface area contributed by atoms with Gasteiger partial charge >= 0.3 is 0 Å². The standard InChI is InChI=1S/C14H22N4OS2.2ClH/c1-4-5-6-9(8-15)16-12(19)10-7-11-13(20-10)17-14(21-11)18(2)3;;/h7,9H,4-6,8,15H2,1-3H3,(H,16,19);2*1H. The van der Waals surface area contributed by atoms with Crippen LogP contribution in [0.3, 0.4) is 0 Å². The number of nitrogens with zero attached hydrogens (tertiary/aromatic N) is 2. The lowest BCUT2D eigenvalue weighted by Crippen LogP contribution is -2.39. The molecule has 0 saturated heterocycles. The number of nitrogens with two attached hydrogens (primary N) is 1. The van der Waals surface area contributed by atoms with Crippen molar-refractivity contribution in [3.8, 4) is 0 Å². The number of thiophene rings is 1. The summed E-state index contributed by atoms with van der Waals surface area (Å²) in [5.74, 6) is -0.0387. The Morgan fingerprint density at radius 3 is 2.61 bits per heavy atom. The number of carbonyl (C=O) groups excluding carboxylic acids is 1. The van der Waals surface area contributed by atoms with Crippen molar-refractivity contribution in [2.45, 2.75) is 32.2 Å². The van der Waals surface area contributed by atoms with Crippen molar-refractivity contribution >= 4 is 68.1 Å². The summed E-state index contributed by atoms with van der Waals surface area (Å²) in [6.07, 6.45) is 3.12. The predicted molar refractivity (Wildman–Crippen MR) is 106 cm³/mol. The molecule has 0 radical (unpaired) electrons. The van der Waals surface area contributed by atoms with Crippen molar-refractivity contribution < 1.29 is 4.79 Å². The number of aromatic nitrogens is 1. The van der Waals surface area contributed by atoms with Gasteiger partial charge in [-0.2, -0.15) is 0 Å². The van der Waals surface area contributed by atoms with Crippen LogP contribution in [0.5, 0.6) is 0 Å². The molecule has 2 aromatic rings. The topological polar surface area (TPSA) is 71.2 Å². The highest BCUT2D eigenvalue weighted by molar-refractivity contribution is 7.29. The van der Waals surface area contributed by atoms with Crippen LogP contribution in [0.2, 0.25) is 0 Å². The molecule has 0 bridgehead atoms. The van der Waals surface area contributed by atoms with Crippen LogP contribution in [-0.2, 0) is 0 Å². The van der Waals surface area contributed by atoms with E-state index in [4.69, 9.17) is 5.73 Å². The summed E-state index contributed by atoms with van der Waals surface area (Å²) in [5, 5.41) is 3.98. The average Bonchev–Trinajstić information content (AvgIpc) is 3.01.